The Kier molecular flexibility index (Phi) is 5.04. The van der Waals surface area contributed by atoms with Crippen molar-refractivity contribution in [2.24, 2.45) is 5.92 Å². The molecule has 0 radical (unpaired) electrons. The number of nitrogens with zero attached hydrogens (tertiary/aromatic N) is 2. The first-order chi connectivity index (χ1) is 13.9. The largest absolute Gasteiger partial charge is 0.339 e. The van der Waals surface area contributed by atoms with Gasteiger partial charge in [-0.25, -0.2) is 8.42 Å². The van der Waals surface area contributed by atoms with E-state index in [0.29, 0.717) is 24.0 Å². The molecule has 0 spiro atoms. The number of rotatable bonds is 6. The van der Waals surface area contributed by atoms with Crippen LogP contribution in [0.15, 0.2) is 59.5 Å². The molecular weight excluding hydrogens is 390 g/mol. The molecule has 8 heteroatoms. The number of likely N-dealkylation sites (tertiary alicyclic amines) is 1. The number of hydrogen-bond acceptors (Lipinski definition) is 4. The van der Waals surface area contributed by atoms with E-state index in [2.05, 4.69) is 5.32 Å². The molecule has 1 aliphatic carbocycles. The van der Waals surface area contributed by atoms with Crippen molar-refractivity contribution in [1.82, 2.24) is 4.90 Å². The monoisotopic (exact) mass is 413 g/mol. The average molecular weight is 413 g/mol. The van der Waals surface area contributed by atoms with Crippen molar-refractivity contribution in [3.8, 4) is 0 Å². The molecule has 2 aliphatic rings. The molecule has 7 nitrogen and oxygen atoms in total. The second kappa shape index (κ2) is 7.51. The lowest BCUT2D eigenvalue weighted by Crippen LogP contribution is -2.30. The van der Waals surface area contributed by atoms with Crippen molar-refractivity contribution in [3.05, 3.63) is 54.6 Å². The predicted molar refractivity (Wildman–Crippen MR) is 110 cm³/mol. The second-order valence-electron chi connectivity index (χ2n) is 7.50. The van der Waals surface area contributed by atoms with E-state index in [0.717, 1.165) is 12.8 Å². The number of carbonyl (C=O) groups is 2. The number of nitrogens with one attached hydrogen (secondary N) is 1. The van der Waals surface area contributed by atoms with Crippen molar-refractivity contribution >= 4 is 33.2 Å². The fraction of sp³-hybridized carbons (Fsp3) is 0.333. The number of sulfonamides is 1. The Morgan fingerprint density at radius 3 is 2.52 bits per heavy atom. The lowest BCUT2D eigenvalue weighted by molar-refractivity contribution is -0.128. The van der Waals surface area contributed by atoms with Crippen LogP contribution in [0.4, 0.5) is 11.4 Å². The first-order valence-corrected chi connectivity index (χ1v) is 11.0. The lowest BCUT2D eigenvalue weighted by atomic mass is 10.1. The average Bonchev–Trinajstić information content (AvgIpc) is 3.49. The van der Waals surface area contributed by atoms with Gasteiger partial charge in [0.2, 0.25) is 11.8 Å². The highest BCUT2D eigenvalue weighted by molar-refractivity contribution is 7.92. The highest BCUT2D eigenvalue weighted by Crippen LogP contribution is 2.33. The molecule has 1 saturated heterocycles. The van der Waals surface area contributed by atoms with Gasteiger partial charge in [-0.1, -0.05) is 24.3 Å². The number of amides is 2. The van der Waals surface area contributed by atoms with Gasteiger partial charge in [0.15, 0.2) is 0 Å². The second-order valence-corrected chi connectivity index (χ2v) is 9.47. The normalized spacial score (nSPS) is 19.3. The van der Waals surface area contributed by atoms with Crippen LogP contribution in [0.5, 0.6) is 0 Å². The number of carbonyl (C=O) groups excluding carboxylic acids is 2. The van der Waals surface area contributed by atoms with Gasteiger partial charge in [0, 0.05) is 31.7 Å². The Morgan fingerprint density at radius 2 is 1.83 bits per heavy atom. The molecule has 0 bridgehead atoms. The summed E-state index contributed by atoms with van der Waals surface area (Å²) in [5.41, 5.74) is 0.946. The Labute approximate surface area is 170 Å². The summed E-state index contributed by atoms with van der Waals surface area (Å²) in [4.78, 5) is 26.6. The van der Waals surface area contributed by atoms with Crippen molar-refractivity contribution in [2.45, 2.75) is 30.2 Å². The number of hydrogen-bond donors (Lipinski definition) is 1. The third kappa shape index (κ3) is 3.98. The Balaban J connectivity index is 1.48. The molecule has 1 N–H and O–H groups in total. The maximum absolute atomic E-state index is 13.0. The standard InChI is InChI=1S/C21H23N3O4S/c1-23(17-7-3-2-4-8-17)29(27,28)19-9-5-6-16(13-19)22-21(26)15-12-20(25)24(14-15)18-10-11-18/h2-9,13,15,18H,10-12,14H2,1H3,(H,22,26). The van der Waals surface area contributed by atoms with E-state index in [1.54, 1.807) is 41.3 Å². The molecular formula is C21H23N3O4S. The molecule has 1 saturated carbocycles. The third-order valence-electron chi connectivity index (χ3n) is 5.40. The SMILES string of the molecule is CN(c1ccccc1)S(=O)(=O)c1cccc(NC(=O)C2CC(=O)N(C3CC3)C2)c1. The Hall–Kier alpha value is -2.87. The summed E-state index contributed by atoms with van der Waals surface area (Å²) >= 11 is 0. The van der Waals surface area contributed by atoms with Crippen molar-refractivity contribution in [3.63, 3.8) is 0 Å². The quantitative estimate of drug-likeness (QED) is 0.788. The third-order valence-corrected chi connectivity index (χ3v) is 7.18. The van der Waals surface area contributed by atoms with Crippen LogP contribution >= 0.6 is 0 Å². The first kappa shape index (κ1) is 19.4. The summed E-state index contributed by atoms with van der Waals surface area (Å²) in [6.07, 6.45) is 2.22. The number of benzene rings is 2. The molecule has 29 heavy (non-hydrogen) atoms. The van der Waals surface area contributed by atoms with Crippen LogP contribution in [-0.4, -0.2) is 44.8 Å². The van der Waals surface area contributed by atoms with E-state index in [1.807, 2.05) is 6.07 Å². The zero-order valence-corrected chi connectivity index (χ0v) is 16.9. The van der Waals surface area contributed by atoms with Crippen LogP contribution < -0.4 is 9.62 Å². The van der Waals surface area contributed by atoms with Crippen LogP contribution in [0, 0.1) is 5.92 Å². The highest BCUT2D eigenvalue weighted by atomic mass is 32.2. The van der Waals surface area contributed by atoms with E-state index < -0.39 is 15.9 Å². The van der Waals surface area contributed by atoms with Crippen LogP contribution in [-0.2, 0) is 19.6 Å². The van der Waals surface area contributed by atoms with E-state index in [1.165, 1.54) is 23.5 Å². The Bertz CT molecular complexity index is 1030. The van der Waals surface area contributed by atoms with Crippen LogP contribution in [0.25, 0.3) is 0 Å². The molecule has 4 rings (SSSR count). The fourth-order valence-corrected chi connectivity index (χ4v) is 4.80. The van der Waals surface area contributed by atoms with Crippen molar-refractivity contribution in [2.75, 3.05) is 23.2 Å². The number of para-hydroxylation sites is 1. The highest BCUT2D eigenvalue weighted by Gasteiger charge is 2.41. The first-order valence-electron chi connectivity index (χ1n) is 9.60. The van der Waals surface area contributed by atoms with Gasteiger partial charge < -0.3 is 10.2 Å². The molecule has 1 heterocycles. The predicted octanol–water partition coefficient (Wildman–Crippen LogP) is 2.46. The number of anilines is 2. The molecule has 152 valence electrons. The van der Waals surface area contributed by atoms with E-state index in [-0.39, 0.29) is 23.1 Å². The maximum Gasteiger partial charge on any atom is 0.264 e. The van der Waals surface area contributed by atoms with Gasteiger partial charge in [-0.2, -0.15) is 0 Å². The summed E-state index contributed by atoms with van der Waals surface area (Å²) < 4.78 is 27.1. The van der Waals surface area contributed by atoms with Crippen LogP contribution in [0.1, 0.15) is 19.3 Å². The van der Waals surface area contributed by atoms with E-state index in [4.69, 9.17) is 0 Å². The fourth-order valence-electron chi connectivity index (χ4n) is 3.56. The maximum atomic E-state index is 13.0. The zero-order chi connectivity index (χ0) is 20.6. The van der Waals surface area contributed by atoms with Crippen molar-refractivity contribution < 1.29 is 18.0 Å². The molecule has 2 fully saturated rings. The summed E-state index contributed by atoms with van der Waals surface area (Å²) in [5.74, 6) is -0.642. The van der Waals surface area contributed by atoms with Crippen LogP contribution in [0.3, 0.4) is 0 Å². The van der Waals surface area contributed by atoms with Gasteiger partial charge in [0.1, 0.15) is 0 Å². The summed E-state index contributed by atoms with van der Waals surface area (Å²) in [6, 6.07) is 15.3. The smallest absolute Gasteiger partial charge is 0.264 e. The van der Waals surface area contributed by atoms with Crippen molar-refractivity contribution in [1.29, 1.82) is 0 Å². The summed E-state index contributed by atoms with van der Waals surface area (Å²) in [7, 11) is -2.28. The molecule has 1 atom stereocenters. The molecule has 2 amide bonds. The van der Waals surface area contributed by atoms with Gasteiger partial charge in [-0.15, -0.1) is 0 Å². The topological polar surface area (TPSA) is 86.8 Å². The molecule has 1 aliphatic heterocycles. The summed E-state index contributed by atoms with van der Waals surface area (Å²) in [5, 5.41) is 2.77. The minimum atomic E-state index is -3.77. The zero-order valence-electron chi connectivity index (χ0n) is 16.1. The molecule has 0 aromatic heterocycles. The van der Waals surface area contributed by atoms with Gasteiger partial charge in [-0.05, 0) is 43.2 Å². The van der Waals surface area contributed by atoms with E-state index in [9.17, 15) is 18.0 Å². The lowest BCUT2D eigenvalue weighted by Gasteiger charge is -2.20. The molecule has 2 aromatic rings. The van der Waals surface area contributed by atoms with Gasteiger partial charge in [0.05, 0.1) is 16.5 Å². The van der Waals surface area contributed by atoms with Crippen LogP contribution in [0.2, 0.25) is 0 Å². The van der Waals surface area contributed by atoms with Gasteiger partial charge in [0.25, 0.3) is 10.0 Å². The minimum Gasteiger partial charge on any atom is -0.339 e. The molecule has 2 aromatic carbocycles. The van der Waals surface area contributed by atoms with Gasteiger partial charge >= 0.3 is 0 Å². The van der Waals surface area contributed by atoms with E-state index >= 15 is 0 Å². The Morgan fingerprint density at radius 1 is 1.10 bits per heavy atom. The minimum absolute atomic E-state index is 0.0217. The molecule has 1 unspecified atom stereocenters. The summed E-state index contributed by atoms with van der Waals surface area (Å²) in [6.45, 7) is 0.435. The van der Waals surface area contributed by atoms with Gasteiger partial charge in [-0.3, -0.25) is 13.9 Å².